The second kappa shape index (κ2) is 5.88. The van der Waals surface area contributed by atoms with E-state index in [2.05, 4.69) is 4.98 Å². The van der Waals surface area contributed by atoms with Crippen molar-refractivity contribution in [2.75, 3.05) is 25.1 Å². The zero-order chi connectivity index (χ0) is 15.6. The highest BCUT2D eigenvalue weighted by Gasteiger charge is 2.35. The van der Waals surface area contributed by atoms with Gasteiger partial charge in [0.05, 0.1) is 6.10 Å². The van der Waals surface area contributed by atoms with E-state index < -0.39 is 17.8 Å². The molecule has 116 valence electrons. The number of pyridine rings is 1. The molecule has 0 radical (unpaired) electrons. The molecule has 5 nitrogen and oxygen atoms in total. The van der Waals surface area contributed by atoms with Gasteiger partial charge in [-0.25, -0.2) is 9.78 Å². The van der Waals surface area contributed by atoms with Crippen molar-refractivity contribution in [2.45, 2.75) is 25.1 Å². The molecule has 0 spiro atoms. The molecule has 1 aliphatic heterocycles. The summed E-state index contributed by atoms with van der Waals surface area (Å²) in [6, 6.07) is 1.63. The molecule has 0 bridgehead atoms. The van der Waals surface area contributed by atoms with Gasteiger partial charge >= 0.3 is 12.1 Å². The van der Waals surface area contributed by atoms with Crippen LogP contribution in [0.5, 0.6) is 0 Å². The number of nitrogens with zero attached hydrogens (tertiary/aromatic N) is 2. The van der Waals surface area contributed by atoms with Crippen molar-refractivity contribution in [1.82, 2.24) is 4.98 Å². The lowest BCUT2D eigenvalue weighted by atomic mass is 10.1. The van der Waals surface area contributed by atoms with Crippen LogP contribution in [0.25, 0.3) is 0 Å². The highest BCUT2D eigenvalue weighted by Crippen LogP contribution is 2.31. The summed E-state index contributed by atoms with van der Waals surface area (Å²) in [5.74, 6) is -1.45. The maximum absolute atomic E-state index is 12.8. The summed E-state index contributed by atoms with van der Waals surface area (Å²) in [6.45, 7) is 0.777. The van der Waals surface area contributed by atoms with Crippen LogP contribution in [0.15, 0.2) is 12.1 Å². The Morgan fingerprint density at radius 2 is 2.19 bits per heavy atom. The van der Waals surface area contributed by atoms with Crippen molar-refractivity contribution >= 4 is 11.8 Å². The van der Waals surface area contributed by atoms with E-state index in [1.54, 1.807) is 0 Å². The minimum absolute atomic E-state index is 0.142. The van der Waals surface area contributed by atoms with Crippen molar-refractivity contribution in [2.24, 2.45) is 0 Å². The zero-order valence-corrected chi connectivity index (χ0v) is 11.4. The Balaban J connectivity index is 2.41. The van der Waals surface area contributed by atoms with E-state index in [1.807, 2.05) is 0 Å². The number of anilines is 1. The first kappa shape index (κ1) is 15.6. The Bertz CT molecular complexity index is 534. The second-order valence-electron chi connectivity index (χ2n) is 4.82. The molecule has 0 aliphatic carbocycles. The van der Waals surface area contributed by atoms with Gasteiger partial charge in [-0.3, -0.25) is 0 Å². The van der Waals surface area contributed by atoms with Gasteiger partial charge < -0.3 is 14.7 Å². The molecule has 1 atom stereocenters. The molecule has 1 N–H and O–H groups in total. The third kappa shape index (κ3) is 3.44. The van der Waals surface area contributed by atoms with Crippen LogP contribution in [0.1, 0.15) is 28.9 Å². The van der Waals surface area contributed by atoms with Gasteiger partial charge in [0, 0.05) is 20.2 Å². The predicted molar refractivity (Wildman–Crippen MR) is 68.4 cm³/mol. The van der Waals surface area contributed by atoms with Crippen LogP contribution in [0.2, 0.25) is 0 Å². The molecule has 1 aliphatic rings. The number of alkyl halides is 3. The maximum Gasteiger partial charge on any atom is 0.433 e. The molecule has 1 aromatic heterocycles. The van der Waals surface area contributed by atoms with E-state index in [0.29, 0.717) is 25.6 Å². The minimum Gasteiger partial charge on any atom is -0.478 e. The van der Waals surface area contributed by atoms with E-state index in [-0.39, 0.29) is 17.5 Å². The lowest BCUT2D eigenvalue weighted by Gasteiger charge is -2.33. The summed E-state index contributed by atoms with van der Waals surface area (Å²) in [7, 11) is 1.52. The fourth-order valence-corrected chi connectivity index (χ4v) is 2.34. The first-order valence-electron chi connectivity index (χ1n) is 6.42. The molecule has 0 saturated carbocycles. The Hall–Kier alpha value is -1.83. The Morgan fingerprint density at radius 3 is 2.76 bits per heavy atom. The van der Waals surface area contributed by atoms with Gasteiger partial charge in [0.25, 0.3) is 0 Å². The van der Waals surface area contributed by atoms with Crippen molar-refractivity contribution < 1.29 is 27.8 Å². The summed E-state index contributed by atoms with van der Waals surface area (Å²) in [5.41, 5.74) is -1.33. The van der Waals surface area contributed by atoms with Crippen LogP contribution in [0.4, 0.5) is 19.0 Å². The molecule has 21 heavy (non-hydrogen) atoms. The lowest BCUT2D eigenvalue weighted by molar-refractivity contribution is -0.141. The number of piperidine rings is 1. The highest BCUT2D eigenvalue weighted by atomic mass is 19.4. The average Bonchev–Trinajstić information content (AvgIpc) is 2.45. The van der Waals surface area contributed by atoms with Crippen LogP contribution >= 0.6 is 0 Å². The molecule has 1 aromatic rings. The number of halogens is 3. The number of aromatic nitrogens is 1. The quantitative estimate of drug-likeness (QED) is 0.929. The van der Waals surface area contributed by atoms with E-state index in [9.17, 15) is 18.0 Å². The number of aromatic carboxylic acids is 1. The number of ether oxygens (including phenoxy) is 1. The monoisotopic (exact) mass is 304 g/mol. The summed E-state index contributed by atoms with van der Waals surface area (Å²) in [6.07, 6.45) is -3.26. The van der Waals surface area contributed by atoms with Crippen LogP contribution in [0.3, 0.4) is 0 Å². The second-order valence-corrected chi connectivity index (χ2v) is 4.82. The van der Waals surface area contributed by atoms with Gasteiger partial charge in [0.1, 0.15) is 17.1 Å². The normalized spacial score (nSPS) is 19.6. The van der Waals surface area contributed by atoms with Gasteiger partial charge in [-0.05, 0) is 25.0 Å². The first-order chi connectivity index (χ1) is 9.82. The molecule has 0 amide bonds. The molecular weight excluding hydrogens is 289 g/mol. The number of methoxy groups -OCH3 is 1. The average molecular weight is 304 g/mol. The summed E-state index contributed by atoms with van der Waals surface area (Å²) in [5, 5.41) is 9.13. The van der Waals surface area contributed by atoms with Crippen molar-refractivity contribution in [3.05, 3.63) is 23.4 Å². The molecule has 0 aromatic carbocycles. The summed E-state index contributed by atoms with van der Waals surface area (Å²) in [4.78, 5) is 16.3. The third-order valence-corrected chi connectivity index (χ3v) is 3.41. The topological polar surface area (TPSA) is 62.7 Å². The number of carboxylic acid groups (broad SMARTS) is 1. The number of hydrogen-bond acceptors (Lipinski definition) is 4. The van der Waals surface area contributed by atoms with Gasteiger partial charge in [-0.2, -0.15) is 13.2 Å². The third-order valence-electron chi connectivity index (χ3n) is 3.41. The van der Waals surface area contributed by atoms with Crippen LogP contribution in [-0.4, -0.2) is 42.4 Å². The van der Waals surface area contributed by atoms with Gasteiger partial charge in [0.15, 0.2) is 0 Å². The Morgan fingerprint density at radius 1 is 1.48 bits per heavy atom. The molecule has 1 saturated heterocycles. The summed E-state index contributed by atoms with van der Waals surface area (Å²) >= 11 is 0. The molecule has 2 rings (SSSR count). The first-order valence-corrected chi connectivity index (χ1v) is 6.42. The number of carbonyl (C=O) groups is 1. The SMILES string of the molecule is COC1CCCN(c2nc(C(F)(F)F)ccc2C(=O)O)C1. The molecule has 8 heteroatoms. The van der Waals surface area contributed by atoms with Crippen molar-refractivity contribution in [3.8, 4) is 0 Å². The van der Waals surface area contributed by atoms with Crippen LogP contribution in [0, 0.1) is 0 Å². The number of rotatable bonds is 3. The van der Waals surface area contributed by atoms with E-state index in [0.717, 1.165) is 12.5 Å². The summed E-state index contributed by atoms with van der Waals surface area (Å²) < 4.78 is 43.5. The smallest absolute Gasteiger partial charge is 0.433 e. The van der Waals surface area contributed by atoms with Crippen LogP contribution < -0.4 is 4.90 Å². The zero-order valence-electron chi connectivity index (χ0n) is 11.4. The minimum atomic E-state index is -4.61. The van der Waals surface area contributed by atoms with Gasteiger partial charge in [-0.1, -0.05) is 0 Å². The predicted octanol–water partition coefficient (Wildman–Crippen LogP) is 2.41. The molecular formula is C13H15F3N2O3. The number of hydrogen-bond donors (Lipinski definition) is 1. The van der Waals surface area contributed by atoms with E-state index in [4.69, 9.17) is 9.84 Å². The number of carboxylic acids is 1. The largest absolute Gasteiger partial charge is 0.478 e. The van der Waals surface area contributed by atoms with Gasteiger partial charge in [-0.15, -0.1) is 0 Å². The fourth-order valence-electron chi connectivity index (χ4n) is 2.34. The Kier molecular flexibility index (Phi) is 4.36. The fraction of sp³-hybridized carbons (Fsp3) is 0.538. The van der Waals surface area contributed by atoms with Crippen LogP contribution in [-0.2, 0) is 10.9 Å². The van der Waals surface area contributed by atoms with Gasteiger partial charge in [0.2, 0.25) is 0 Å². The molecule has 1 unspecified atom stereocenters. The highest BCUT2D eigenvalue weighted by molar-refractivity contribution is 5.93. The van der Waals surface area contributed by atoms with E-state index >= 15 is 0 Å². The molecule has 2 heterocycles. The Labute approximate surface area is 119 Å². The standard InChI is InChI=1S/C13H15F3N2O3/c1-21-8-3-2-6-18(7-8)11-9(12(19)20)4-5-10(17-11)13(14,15)16/h4-5,8H,2-3,6-7H2,1H3,(H,19,20). The maximum atomic E-state index is 12.8. The van der Waals surface area contributed by atoms with E-state index in [1.165, 1.54) is 12.0 Å². The van der Waals surface area contributed by atoms with Crippen molar-refractivity contribution in [1.29, 1.82) is 0 Å². The van der Waals surface area contributed by atoms with Crippen molar-refractivity contribution in [3.63, 3.8) is 0 Å². The molecule has 1 fully saturated rings. The lowest BCUT2D eigenvalue weighted by Crippen LogP contribution is -2.40.